The van der Waals surface area contributed by atoms with Gasteiger partial charge in [0.25, 0.3) is 5.91 Å². The Kier molecular flexibility index (Phi) is 5.94. The molecule has 0 aliphatic rings. The van der Waals surface area contributed by atoms with Crippen LogP contribution in [0.4, 0.5) is 0 Å². The molecule has 0 saturated heterocycles. The summed E-state index contributed by atoms with van der Waals surface area (Å²) >= 11 is 5.97. The van der Waals surface area contributed by atoms with Gasteiger partial charge in [-0.25, -0.2) is 4.79 Å². The summed E-state index contributed by atoms with van der Waals surface area (Å²) < 4.78 is 0. The average Bonchev–Trinajstić information content (AvgIpc) is 2.56. The molecular weight excluding hydrogens is 314 g/mol. The first-order valence-corrected chi connectivity index (χ1v) is 7.44. The van der Waals surface area contributed by atoms with E-state index in [1.807, 2.05) is 48.5 Å². The van der Waals surface area contributed by atoms with Crippen molar-refractivity contribution in [2.75, 3.05) is 0 Å². The fraction of sp³-hybridized carbons (Fsp3) is 0.111. The third-order valence-electron chi connectivity index (χ3n) is 3.20. The van der Waals surface area contributed by atoms with Crippen LogP contribution in [0.15, 0.2) is 65.7 Å². The molecule has 1 atom stereocenters. The molecule has 2 aromatic rings. The number of amides is 1. The fourth-order valence-corrected chi connectivity index (χ4v) is 2.22. The van der Waals surface area contributed by atoms with Crippen molar-refractivity contribution in [3.8, 4) is 0 Å². The number of nitrogens with one attached hydrogen (secondary N) is 1. The zero-order valence-corrected chi connectivity index (χ0v) is 13.0. The molecule has 2 N–H and O–H groups in total. The van der Waals surface area contributed by atoms with Crippen LogP contribution in [0.1, 0.15) is 11.1 Å². The number of rotatable bonds is 6. The van der Waals surface area contributed by atoms with Gasteiger partial charge in [-0.1, -0.05) is 72.3 Å². The largest absolute Gasteiger partial charge is 0.480 e. The Morgan fingerprint density at radius 1 is 1.04 bits per heavy atom. The molecule has 0 aliphatic heterocycles. The lowest BCUT2D eigenvalue weighted by molar-refractivity contribution is -0.141. The van der Waals surface area contributed by atoms with E-state index in [0.29, 0.717) is 0 Å². The molecule has 0 fully saturated rings. The summed E-state index contributed by atoms with van der Waals surface area (Å²) in [5, 5.41) is 11.7. The summed E-state index contributed by atoms with van der Waals surface area (Å²) in [6.07, 6.45) is 1.69. The Morgan fingerprint density at radius 3 is 2.17 bits per heavy atom. The highest BCUT2D eigenvalue weighted by Crippen LogP contribution is 2.11. The molecule has 4 nitrogen and oxygen atoms in total. The Balaban J connectivity index is 2.06. The molecule has 0 unspecified atom stereocenters. The van der Waals surface area contributed by atoms with Gasteiger partial charge in [0.15, 0.2) is 0 Å². The lowest BCUT2D eigenvalue weighted by atomic mass is 10.1. The van der Waals surface area contributed by atoms with E-state index in [4.69, 9.17) is 11.6 Å². The molecule has 0 saturated carbocycles. The third kappa shape index (κ3) is 5.27. The number of hydrogen-bond acceptors (Lipinski definition) is 2. The highest BCUT2D eigenvalue weighted by atomic mass is 35.5. The molecule has 0 spiro atoms. The second-order valence-corrected chi connectivity index (χ2v) is 5.36. The number of carboxylic acid groups (broad SMARTS) is 1. The Labute approximate surface area is 139 Å². The van der Waals surface area contributed by atoms with Gasteiger partial charge in [0, 0.05) is 6.42 Å². The summed E-state index contributed by atoms with van der Waals surface area (Å²) in [7, 11) is 0. The molecule has 118 valence electrons. The van der Waals surface area contributed by atoms with Gasteiger partial charge in [-0.15, -0.1) is 0 Å². The molecule has 0 heterocycles. The van der Waals surface area contributed by atoms with E-state index < -0.39 is 17.9 Å². The molecule has 0 bridgehead atoms. The number of halogens is 1. The summed E-state index contributed by atoms with van der Waals surface area (Å²) in [6.45, 7) is 0. The number of carbonyl (C=O) groups is 2. The Morgan fingerprint density at radius 2 is 1.61 bits per heavy atom. The van der Waals surface area contributed by atoms with Gasteiger partial charge in [-0.2, -0.15) is 0 Å². The van der Waals surface area contributed by atoms with Crippen LogP contribution in [0.25, 0.3) is 6.08 Å². The minimum atomic E-state index is -1.11. The van der Waals surface area contributed by atoms with Gasteiger partial charge < -0.3 is 10.4 Å². The SMILES string of the molecule is O=C(N[C@@H](Cc1ccccc1)C(=O)O)C(Cl)=Cc1ccccc1. The van der Waals surface area contributed by atoms with E-state index in [-0.39, 0.29) is 11.5 Å². The van der Waals surface area contributed by atoms with Crippen LogP contribution in [0.3, 0.4) is 0 Å². The predicted molar refractivity (Wildman–Crippen MR) is 90.0 cm³/mol. The molecule has 5 heteroatoms. The van der Waals surface area contributed by atoms with Crippen molar-refractivity contribution in [2.24, 2.45) is 0 Å². The van der Waals surface area contributed by atoms with Crippen molar-refractivity contribution in [1.82, 2.24) is 5.32 Å². The zero-order valence-electron chi connectivity index (χ0n) is 12.3. The maximum atomic E-state index is 12.1. The van der Waals surface area contributed by atoms with Gasteiger partial charge in [0.2, 0.25) is 0 Å². The van der Waals surface area contributed by atoms with Crippen molar-refractivity contribution in [3.63, 3.8) is 0 Å². The molecule has 1 amide bonds. The van der Waals surface area contributed by atoms with Crippen molar-refractivity contribution in [1.29, 1.82) is 0 Å². The molecule has 0 radical (unpaired) electrons. The van der Waals surface area contributed by atoms with Crippen LogP contribution in [-0.4, -0.2) is 23.0 Å². The molecular formula is C18H16ClNO3. The van der Waals surface area contributed by atoms with Gasteiger partial charge in [0.1, 0.15) is 11.1 Å². The number of carboxylic acids is 1. The van der Waals surface area contributed by atoms with Crippen molar-refractivity contribution in [3.05, 3.63) is 76.8 Å². The molecule has 0 aromatic heterocycles. The average molecular weight is 330 g/mol. The van der Waals surface area contributed by atoms with Crippen LogP contribution < -0.4 is 5.32 Å². The predicted octanol–water partition coefficient (Wildman–Crippen LogP) is 3.08. The molecule has 0 aliphatic carbocycles. The second kappa shape index (κ2) is 8.15. The maximum Gasteiger partial charge on any atom is 0.326 e. The highest BCUT2D eigenvalue weighted by Gasteiger charge is 2.21. The standard InChI is InChI=1S/C18H16ClNO3/c19-15(11-13-7-3-1-4-8-13)17(21)20-16(18(22)23)12-14-9-5-2-6-10-14/h1-11,16H,12H2,(H,20,21)(H,22,23)/t16-/m0/s1. The monoisotopic (exact) mass is 329 g/mol. The second-order valence-electron chi connectivity index (χ2n) is 4.96. The van der Waals surface area contributed by atoms with Gasteiger partial charge >= 0.3 is 5.97 Å². The number of hydrogen-bond donors (Lipinski definition) is 2. The minimum Gasteiger partial charge on any atom is -0.480 e. The van der Waals surface area contributed by atoms with Crippen molar-refractivity contribution < 1.29 is 14.7 Å². The zero-order chi connectivity index (χ0) is 16.7. The number of aliphatic carboxylic acids is 1. The lowest BCUT2D eigenvalue weighted by Gasteiger charge is -2.14. The van der Waals surface area contributed by atoms with Gasteiger partial charge in [-0.05, 0) is 17.2 Å². The Hall–Kier alpha value is -2.59. The van der Waals surface area contributed by atoms with E-state index in [2.05, 4.69) is 5.32 Å². The number of carbonyl (C=O) groups excluding carboxylic acids is 1. The van der Waals surface area contributed by atoms with Gasteiger partial charge in [-0.3, -0.25) is 4.79 Å². The van der Waals surface area contributed by atoms with E-state index in [1.165, 1.54) is 6.08 Å². The molecule has 2 rings (SSSR count). The van der Waals surface area contributed by atoms with Crippen LogP contribution in [0, 0.1) is 0 Å². The topological polar surface area (TPSA) is 66.4 Å². The Bertz CT molecular complexity index is 699. The van der Waals surface area contributed by atoms with Crippen LogP contribution in [-0.2, 0) is 16.0 Å². The third-order valence-corrected chi connectivity index (χ3v) is 3.48. The highest BCUT2D eigenvalue weighted by molar-refractivity contribution is 6.44. The fourth-order valence-electron chi connectivity index (χ4n) is 2.04. The smallest absolute Gasteiger partial charge is 0.326 e. The summed E-state index contributed by atoms with van der Waals surface area (Å²) in [5.74, 6) is -1.72. The first-order valence-electron chi connectivity index (χ1n) is 7.06. The number of benzene rings is 2. The first kappa shape index (κ1) is 16.8. The quantitative estimate of drug-likeness (QED) is 0.800. The van der Waals surface area contributed by atoms with Crippen LogP contribution in [0.5, 0.6) is 0 Å². The van der Waals surface area contributed by atoms with Crippen molar-refractivity contribution >= 4 is 29.6 Å². The minimum absolute atomic E-state index is 0.0597. The molecule has 2 aromatic carbocycles. The first-order chi connectivity index (χ1) is 11.1. The maximum absolute atomic E-state index is 12.1. The normalized spacial score (nSPS) is 12.5. The summed E-state index contributed by atoms with van der Waals surface area (Å²) in [5.41, 5.74) is 1.59. The van der Waals surface area contributed by atoms with Gasteiger partial charge in [0.05, 0.1) is 0 Å². The van der Waals surface area contributed by atoms with E-state index in [0.717, 1.165) is 11.1 Å². The van der Waals surface area contributed by atoms with Crippen molar-refractivity contribution in [2.45, 2.75) is 12.5 Å². The van der Waals surface area contributed by atoms with E-state index >= 15 is 0 Å². The summed E-state index contributed by atoms with van der Waals surface area (Å²) in [4.78, 5) is 23.4. The lowest BCUT2D eigenvalue weighted by Crippen LogP contribution is -2.42. The van der Waals surface area contributed by atoms with E-state index in [1.54, 1.807) is 12.1 Å². The molecule has 23 heavy (non-hydrogen) atoms. The summed E-state index contributed by atoms with van der Waals surface area (Å²) in [6, 6.07) is 17.2. The van der Waals surface area contributed by atoms with E-state index in [9.17, 15) is 14.7 Å². The van der Waals surface area contributed by atoms with Crippen LogP contribution in [0.2, 0.25) is 0 Å². The van der Waals surface area contributed by atoms with Crippen LogP contribution >= 0.6 is 11.6 Å².